The number of rotatable bonds is 2. The molecule has 0 aliphatic carbocycles. The molecule has 1 aromatic heterocycles. The number of oxime groups is 1. The molecule has 1 unspecified atom stereocenters. The van der Waals surface area contributed by atoms with E-state index in [-0.39, 0.29) is 17.7 Å². The minimum absolute atomic E-state index is 0.0343. The number of hydrogen-bond acceptors (Lipinski definition) is 4. The molecule has 1 aromatic rings. The van der Waals surface area contributed by atoms with Gasteiger partial charge in [0, 0.05) is 19.0 Å². The first kappa shape index (κ1) is 12.9. The van der Waals surface area contributed by atoms with Gasteiger partial charge in [0.2, 0.25) is 0 Å². The normalized spacial score (nSPS) is 21.1. The minimum atomic E-state index is -0.0343. The summed E-state index contributed by atoms with van der Waals surface area (Å²) in [5.74, 6) is 0.237. The fraction of sp³-hybridized carbons (Fsp3) is 0.500. The summed E-state index contributed by atoms with van der Waals surface area (Å²) >= 11 is 1.46. The van der Waals surface area contributed by atoms with Crippen molar-refractivity contribution in [3.8, 4) is 0 Å². The lowest BCUT2D eigenvalue weighted by atomic mass is 9.97. The van der Waals surface area contributed by atoms with E-state index >= 15 is 0 Å². The minimum Gasteiger partial charge on any atom is -0.409 e. The lowest BCUT2D eigenvalue weighted by Gasteiger charge is -2.31. The molecular formula is C12H17N3O2S. The van der Waals surface area contributed by atoms with Crippen LogP contribution in [0.5, 0.6) is 0 Å². The van der Waals surface area contributed by atoms with Crippen LogP contribution in [0.25, 0.3) is 0 Å². The van der Waals surface area contributed by atoms with Gasteiger partial charge in [-0.3, -0.25) is 4.79 Å². The molecule has 1 amide bonds. The van der Waals surface area contributed by atoms with Crippen LogP contribution in [0.2, 0.25) is 0 Å². The number of carbonyl (C=O) groups is 1. The molecule has 2 heterocycles. The van der Waals surface area contributed by atoms with Gasteiger partial charge in [0.1, 0.15) is 5.84 Å². The summed E-state index contributed by atoms with van der Waals surface area (Å²) < 4.78 is 0. The highest BCUT2D eigenvalue weighted by atomic mass is 32.1. The van der Waals surface area contributed by atoms with Crippen LogP contribution in [-0.4, -0.2) is 34.9 Å². The Morgan fingerprint density at radius 1 is 1.67 bits per heavy atom. The highest BCUT2D eigenvalue weighted by Gasteiger charge is 2.27. The van der Waals surface area contributed by atoms with E-state index in [0.29, 0.717) is 6.54 Å². The summed E-state index contributed by atoms with van der Waals surface area (Å²) in [6.45, 7) is 3.21. The first-order valence-corrected chi connectivity index (χ1v) is 6.82. The van der Waals surface area contributed by atoms with Gasteiger partial charge < -0.3 is 15.8 Å². The summed E-state index contributed by atoms with van der Waals surface area (Å²) in [7, 11) is 0. The van der Waals surface area contributed by atoms with E-state index in [2.05, 4.69) is 5.16 Å². The second-order valence-electron chi connectivity index (χ2n) is 4.55. The number of nitrogens with zero attached hydrogens (tertiary/aromatic N) is 2. The zero-order chi connectivity index (χ0) is 13.1. The molecule has 0 aromatic carbocycles. The standard InChI is InChI=1S/C12H17N3O2S/c1-8-4-6-18-10(8)12(16)15-5-2-3-9(7-15)11(13)14-17/h4,6,9,17H,2-3,5,7H2,1H3,(H2,13,14). The predicted molar refractivity (Wildman–Crippen MR) is 71.1 cm³/mol. The molecular weight excluding hydrogens is 250 g/mol. The Morgan fingerprint density at radius 3 is 3.06 bits per heavy atom. The van der Waals surface area contributed by atoms with Gasteiger partial charge in [-0.05, 0) is 36.8 Å². The number of hydrogen-bond donors (Lipinski definition) is 2. The van der Waals surface area contributed by atoms with Gasteiger partial charge in [-0.1, -0.05) is 5.16 Å². The smallest absolute Gasteiger partial charge is 0.264 e. The van der Waals surface area contributed by atoms with Crippen molar-refractivity contribution in [1.29, 1.82) is 0 Å². The number of amidine groups is 1. The third kappa shape index (κ3) is 2.48. The molecule has 2 rings (SSSR count). The first-order chi connectivity index (χ1) is 8.63. The fourth-order valence-corrected chi connectivity index (χ4v) is 3.11. The Hall–Kier alpha value is -1.56. The van der Waals surface area contributed by atoms with Gasteiger partial charge in [0.05, 0.1) is 4.88 Å². The van der Waals surface area contributed by atoms with Crippen LogP contribution in [0.15, 0.2) is 16.6 Å². The number of aryl methyl sites for hydroxylation is 1. The van der Waals surface area contributed by atoms with Crippen LogP contribution < -0.4 is 5.73 Å². The van der Waals surface area contributed by atoms with Crippen molar-refractivity contribution in [2.45, 2.75) is 19.8 Å². The molecule has 3 N–H and O–H groups in total. The quantitative estimate of drug-likeness (QED) is 0.370. The van der Waals surface area contributed by atoms with Crippen molar-refractivity contribution >= 4 is 23.1 Å². The second-order valence-corrected chi connectivity index (χ2v) is 5.46. The van der Waals surface area contributed by atoms with Crippen molar-refractivity contribution < 1.29 is 10.0 Å². The third-order valence-electron chi connectivity index (χ3n) is 3.30. The number of piperidine rings is 1. The van der Waals surface area contributed by atoms with Crippen LogP contribution in [0, 0.1) is 12.8 Å². The van der Waals surface area contributed by atoms with Gasteiger partial charge in [0.25, 0.3) is 5.91 Å². The maximum absolute atomic E-state index is 12.3. The Labute approximate surface area is 110 Å². The van der Waals surface area contributed by atoms with Gasteiger partial charge >= 0.3 is 0 Å². The molecule has 18 heavy (non-hydrogen) atoms. The first-order valence-electron chi connectivity index (χ1n) is 5.94. The van der Waals surface area contributed by atoms with Crippen molar-refractivity contribution in [2.24, 2.45) is 16.8 Å². The molecule has 1 aliphatic heterocycles. The van der Waals surface area contributed by atoms with E-state index in [9.17, 15) is 4.79 Å². The SMILES string of the molecule is Cc1ccsc1C(=O)N1CCCC(C(N)=NO)C1. The second kappa shape index (κ2) is 5.39. The van der Waals surface area contributed by atoms with E-state index in [1.165, 1.54) is 11.3 Å². The van der Waals surface area contributed by atoms with Crippen molar-refractivity contribution in [1.82, 2.24) is 4.90 Å². The molecule has 1 aliphatic rings. The molecule has 0 spiro atoms. The lowest BCUT2D eigenvalue weighted by Crippen LogP contribution is -2.44. The average molecular weight is 267 g/mol. The average Bonchev–Trinajstić information content (AvgIpc) is 2.83. The van der Waals surface area contributed by atoms with E-state index in [1.807, 2.05) is 18.4 Å². The van der Waals surface area contributed by atoms with E-state index in [1.54, 1.807) is 4.90 Å². The lowest BCUT2D eigenvalue weighted by molar-refractivity contribution is 0.0705. The molecule has 6 heteroatoms. The number of nitrogens with two attached hydrogens (primary N) is 1. The molecule has 1 fully saturated rings. The Kier molecular flexibility index (Phi) is 3.86. The Balaban J connectivity index is 2.10. The monoisotopic (exact) mass is 267 g/mol. The molecule has 0 saturated carbocycles. The molecule has 98 valence electrons. The van der Waals surface area contributed by atoms with Gasteiger partial charge in [-0.2, -0.15) is 0 Å². The summed E-state index contributed by atoms with van der Waals surface area (Å²) in [5, 5.41) is 13.7. The number of amides is 1. The van der Waals surface area contributed by atoms with Crippen LogP contribution >= 0.6 is 11.3 Å². The summed E-state index contributed by atoms with van der Waals surface area (Å²) in [4.78, 5) is 14.9. The van der Waals surface area contributed by atoms with Crippen molar-refractivity contribution in [3.63, 3.8) is 0 Å². The molecule has 0 radical (unpaired) electrons. The van der Waals surface area contributed by atoms with Crippen LogP contribution in [0.3, 0.4) is 0 Å². The van der Waals surface area contributed by atoms with E-state index in [0.717, 1.165) is 29.8 Å². The number of carbonyl (C=O) groups excluding carboxylic acids is 1. The summed E-state index contributed by atoms with van der Waals surface area (Å²) in [5.41, 5.74) is 6.63. The van der Waals surface area contributed by atoms with Gasteiger partial charge in [0.15, 0.2) is 0 Å². The molecule has 1 atom stereocenters. The van der Waals surface area contributed by atoms with Crippen molar-refractivity contribution in [3.05, 3.63) is 21.9 Å². The third-order valence-corrected chi connectivity index (χ3v) is 4.30. The van der Waals surface area contributed by atoms with Gasteiger partial charge in [-0.15, -0.1) is 11.3 Å². The van der Waals surface area contributed by atoms with E-state index in [4.69, 9.17) is 10.9 Å². The predicted octanol–water partition coefficient (Wildman–Crippen LogP) is 1.66. The number of likely N-dealkylation sites (tertiary alicyclic amines) is 1. The molecule has 0 bridgehead atoms. The zero-order valence-electron chi connectivity index (χ0n) is 10.3. The summed E-state index contributed by atoms with van der Waals surface area (Å²) in [6, 6.07) is 1.95. The highest BCUT2D eigenvalue weighted by Crippen LogP contribution is 2.22. The maximum atomic E-state index is 12.3. The fourth-order valence-electron chi connectivity index (χ4n) is 2.22. The largest absolute Gasteiger partial charge is 0.409 e. The number of thiophene rings is 1. The van der Waals surface area contributed by atoms with Crippen LogP contribution in [0.1, 0.15) is 28.1 Å². The van der Waals surface area contributed by atoms with Crippen LogP contribution in [-0.2, 0) is 0 Å². The van der Waals surface area contributed by atoms with E-state index < -0.39 is 0 Å². The Morgan fingerprint density at radius 2 is 2.44 bits per heavy atom. The molecule has 5 nitrogen and oxygen atoms in total. The zero-order valence-corrected chi connectivity index (χ0v) is 11.1. The van der Waals surface area contributed by atoms with Crippen molar-refractivity contribution in [2.75, 3.05) is 13.1 Å². The van der Waals surface area contributed by atoms with Gasteiger partial charge in [-0.25, -0.2) is 0 Å². The topological polar surface area (TPSA) is 78.9 Å². The summed E-state index contributed by atoms with van der Waals surface area (Å²) in [6.07, 6.45) is 1.75. The Bertz CT molecular complexity index is 470. The molecule has 1 saturated heterocycles. The highest BCUT2D eigenvalue weighted by molar-refractivity contribution is 7.12. The maximum Gasteiger partial charge on any atom is 0.264 e. The van der Waals surface area contributed by atoms with Crippen LogP contribution in [0.4, 0.5) is 0 Å².